The molecule has 0 saturated carbocycles. The molecule has 0 aliphatic heterocycles. The number of hydrogen-bond donors (Lipinski definition) is 0. The van der Waals surface area contributed by atoms with E-state index < -0.39 is 11.6 Å². The lowest BCUT2D eigenvalue weighted by Crippen LogP contribution is -2.01. The Kier molecular flexibility index (Phi) is 8.55. The highest BCUT2D eigenvalue weighted by Crippen LogP contribution is 2.47. The van der Waals surface area contributed by atoms with Gasteiger partial charge in [-0.05, 0) is 131 Å². The first kappa shape index (κ1) is 32.3. The molecule has 0 spiro atoms. The highest BCUT2D eigenvalue weighted by atomic mass is 19.1. The minimum Gasteiger partial charge on any atom is -0.457 e. The molecule has 0 unspecified atom stereocenters. The van der Waals surface area contributed by atoms with Crippen molar-refractivity contribution in [2.75, 3.05) is 0 Å². The van der Waals surface area contributed by atoms with E-state index in [1.54, 1.807) is 48.5 Å². The molecule has 0 aromatic heterocycles. The predicted molar refractivity (Wildman–Crippen MR) is 200 cm³/mol. The van der Waals surface area contributed by atoms with Gasteiger partial charge in [0.15, 0.2) is 11.6 Å². The molecule has 0 saturated heterocycles. The van der Waals surface area contributed by atoms with E-state index in [2.05, 4.69) is 0 Å². The lowest BCUT2D eigenvalue weighted by Gasteiger charge is -2.20. The maximum atomic E-state index is 13.4. The summed E-state index contributed by atoms with van der Waals surface area (Å²) in [6, 6.07) is 48.6. The zero-order chi connectivity index (χ0) is 35.6. The Morgan fingerprint density at radius 3 is 1.06 bits per heavy atom. The summed E-state index contributed by atoms with van der Waals surface area (Å²) < 4.78 is 40.1. The van der Waals surface area contributed by atoms with Crippen LogP contribution in [0.3, 0.4) is 0 Å². The van der Waals surface area contributed by atoms with Crippen LogP contribution in [0.25, 0.3) is 32.7 Å². The molecule has 0 N–H and O–H groups in total. The van der Waals surface area contributed by atoms with Gasteiger partial charge in [-0.15, -0.1) is 0 Å². The van der Waals surface area contributed by atoms with Crippen molar-refractivity contribution in [3.63, 3.8) is 0 Å². The number of benzene rings is 8. The molecule has 0 heterocycles. The summed E-state index contributed by atoms with van der Waals surface area (Å²) in [5, 5.41) is 3.91. The summed E-state index contributed by atoms with van der Waals surface area (Å²) in [5.41, 5.74) is 3.33. The van der Waals surface area contributed by atoms with Crippen molar-refractivity contribution in [3.05, 3.63) is 204 Å². The first-order chi connectivity index (χ1) is 25.4. The highest BCUT2D eigenvalue weighted by Gasteiger charge is 2.21. The first-order valence-corrected chi connectivity index (χ1v) is 16.6. The first-order valence-electron chi connectivity index (χ1n) is 16.6. The van der Waals surface area contributed by atoms with Crippen molar-refractivity contribution in [3.8, 4) is 34.1 Å². The van der Waals surface area contributed by atoms with Crippen LogP contribution in [0.5, 0.6) is 23.0 Å². The van der Waals surface area contributed by atoms with E-state index in [4.69, 9.17) is 9.47 Å². The average Bonchev–Trinajstić information content (AvgIpc) is 3.19. The number of ether oxygens (including phenoxy) is 2. The van der Waals surface area contributed by atoms with Gasteiger partial charge in [-0.1, -0.05) is 60.7 Å². The van der Waals surface area contributed by atoms with Crippen LogP contribution in [0.1, 0.15) is 31.8 Å². The van der Waals surface area contributed by atoms with E-state index in [1.807, 2.05) is 72.8 Å². The van der Waals surface area contributed by atoms with Gasteiger partial charge in [0.1, 0.15) is 34.6 Å². The number of fused-ring (bicyclic) bond motifs is 2. The van der Waals surface area contributed by atoms with Gasteiger partial charge in [0.2, 0.25) is 0 Å². The third kappa shape index (κ3) is 6.41. The minimum atomic E-state index is -0.404. The van der Waals surface area contributed by atoms with Crippen LogP contribution in [0.4, 0.5) is 8.78 Å². The molecule has 0 amide bonds. The van der Waals surface area contributed by atoms with Crippen molar-refractivity contribution in [2.24, 2.45) is 0 Å². The fraction of sp³-hybridized carbons (Fsp3) is 0. The Labute approximate surface area is 298 Å². The van der Waals surface area contributed by atoms with Crippen LogP contribution in [0.2, 0.25) is 0 Å². The van der Waals surface area contributed by atoms with Gasteiger partial charge in [0.25, 0.3) is 0 Å². The summed E-state index contributed by atoms with van der Waals surface area (Å²) in [7, 11) is 0. The van der Waals surface area contributed by atoms with E-state index in [-0.39, 0.29) is 11.6 Å². The molecule has 0 radical (unpaired) electrons. The maximum absolute atomic E-state index is 13.4. The molecule has 0 bridgehead atoms. The molecule has 6 heteroatoms. The van der Waals surface area contributed by atoms with Crippen LogP contribution in [0.15, 0.2) is 170 Å². The van der Waals surface area contributed by atoms with Gasteiger partial charge in [-0.3, -0.25) is 9.59 Å². The molecule has 52 heavy (non-hydrogen) atoms. The molecule has 0 atom stereocenters. The van der Waals surface area contributed by atoms with E-state index >= 15 is 0 Å². The van der Waals surface area contributed by atoms with Crippen molar-refractivity contribution in [1.82, 2.24) is 0 Å². The summed E-state index contributed by atoms with van der Waals surface area (Å²) >= 11 is 0. The number of carbonyl (C=O) groups excluding carboxylic acids is 2. The molecule has 8 aromatic rings. The standard InChI is InChI=1S/C46H28F2O4/c47-35-19-9-31(10-20-35)45(49)33-13-23-37(24-14-33)51-41-27-17-29-5-1-3-7-39(29)43(41)44-40-8-4-2-6-30(40)18-28-42(44)52-38-25-15-34(16-26-38)46(50)32-11-21-36(48)22-12-32/h1-28H. The average molecular weight is 683 g/mol. The minimum absolute atomic E-state index is 0.219. The van der Waals surface area contributed by atoms with Crippen LogP contribution in [-0.2, 0) is 0 Å². The van der Waals surface area contributed by atoms with Crippen molar-refractivity contribution < 1.29 is 27.8 Å². The number of ketones is 2. The lowest BCUT2D eigenvalue weighted by molar-refractivity contribution is 0.103. The molecule has 250 valence electrons. The Morgan fingerprint density at radius 1 is 0.365 bits per heavy atom. The Hall–Kier alpha value is -6.92. The molecular weight excluding hydrogens is 654 g/mol. The van der Waals surface area contributed by atoms with Crippen LogP contribution >= 0.6 is 0 Å². The molecule has 0 aliphatic rings. The van der Waals surface area contributed by atoms with Gasteiger partial charge >= 0.3 is 0 Å². The zero-order valence-electron chi connectivity index (χ0n) is 27.6. The quantitative estimate of drug-likeness (QED) is 0.142. The zero-order valence-corrected chi connectivity index (χ0v) is 27.6. The van der Waals surface area contributed by atoms with Gasteiger partial charge in [-0.25, -0.2) is 8.78 Å². The van der Waals surface area contributed by atoms with Gasteiger partial charge < -0.3 is 9.47 Å². The Bertz CT molecular complexity index is 2410. The summed E-state index contributed by atoms with van der Waals surface area (Å²) in [6.07, 6.45) is 0. The number of rotatable bonds is 9. The van der Waals surface area contributed by atoms with Crippen molar-refractivity contribution in [1.29, 1.82) is 0 Å². The highest BCUT2D eigenvalue weighted by molar-refractivity contribution is 6.11. The maximum Gasteiger partial charge on any atom is 0.193 e. The monoisotopic (exact) mass is 682 g/mol. The van der Waals surface area contributed by atoms with Crippen LogP contribution in [-0.4, -0.2) is 11.6 Å². The van der Waals surface area contributed by atoms with E-state index in [1.165, 1.54) is 48.5 Å². The van der Waals surface area contributed by atoms with Crippen molar-refractivity contribution >= 4 is 33.1 Å². The van der Waals surface area contributed by atoms with Crippen molar-refractivity contribution in [2.45, 2.75) is 0 Å². The second kappa shape index (κ2) is 13.8. The molecular formula is C46H28F2O4. The number of hydrogen-bond acceptors (Lipinski definition) is 4. The molecule has 8 aromatic carbocycles. The molecule has 4 nitrogen and oxygen atoms in total. The van der Waals surface area contributed by atoms with Crippen LogP contribution in [0, 0.1) is 11.6 Å². The molecule has 0 fully saturated rings. The lowest BCUT2D eigenvalue weighted by atomic mass is 9.92. The van der Waals surface area contributed by atoms with Gasteiger partial charge in [-0.2, -0.15) is 0 Å². The predicted octanol–water partition coefficient (Wildman–Crippen LogP) is 12.0. The third-order valence-corrected chi connectivity index (χ3v) is 8.93. The Balaban J connectivity index is 1.18. The van der Waals surface area contributed by atoms with E-state index in [9.17, 15) is 18.4 Å². The fourth-order valence-electron chi connectivity index (χ4n) is 6.33. The van der Waals surface area contributed by atoms with E-state index in [0.29, 0.717) is 45.3 Å². The third-order valence-electron chi connectivity index (χ3n) is 8.93. The second-order valence-corrected chi connectivity index (χ2v) is 12.2. The molecule has 0 aliphatic carbocycles. The Morgan fingerprint density at radius 2 is 0.692 bits per heavy atom. The smallest absolute Gasteiger partial charge is 0.193 e. The fourth-order valence-corrected chi connectivity index (χ4v) is 6.33. The van der Waals surface area contributed by atoms with Gasteiger partial charge in [0.05, 0.1) is 0 Å². The number of halogens is 2. The van der Waals surface area contributed by atoms with Crippen LogP contribution < -0.4 is 9.47 Å². The summed E-state index contributed by atoms with van der Waals surface area (Å²) in [5.74, 6) is 0.966. The SMILES string of the molecule is O=C(c1ccc(F)cc1)c1ccc(Oc2ccc3ccccc3c2-c2c(Oc3ccc(C(=O)c4ccc(F)cc4)cc3)ccc3ccccc23)cc1. The summed E-state index contributed by atoms with van der Waals surface area (Å²) in [4.78, 5) is 26.1. The normalized spacial score (nSPS) is 11.0. The largest absolute Gasteiger partial charge is 0.457 e. The van der Waals surface area contributed by atoms with E-state index in [0.717, 1.165) is 32.7 Å². The summed E-state index contributed by atoms with van der Waals surface area (Å²) in [6.45, 7) is 0. The van der Waals surface area contributed by atoms with Gasteiger partial charge in [0, 0.05) is 33.4 Å². The number of carbonyl (C=O) groups is 2. The topological polar surface area (TPSA) is 52.6 Å². The molecule has 8 rings (SSSR count). The second-order valence-electron chi connectivity index (χ2n) is 12.2.